The summed E-state index contributed by atoms with van der Waals surface area (Å²) < 4.78 is 7.58. The Labute approximate surface area is 206 Å². The van der Waals surface area contributed by atoms with Crippen molar-refractivity contribution in [3.63, 3.8) is 0 Å². The van der Waals surface area contributed by atoms with Crippen molar-refractivity contribution in [1.82, 2.24) is 25.0 Å². The van der Waals surface area contributed by atoms with Gasteiger partial charge in [-0.2, -0.15) is 0 Å². The molecule has 1 amide bonds. The summed E-state index contributed by atoms with van der Waals surface area (Å²) in [4.78, 5) is 15.0. The van der Waals surface area contributed by atoms with Gasteiger partial charge >= 0.3 is 0 Å². The number of morpholine rings is 1. The molecule has 1 fully saturated rings. The summed E-state index contributed by atoms with van der Waals surface area (Å²) in [7, 11) is 0. The lowest BCUT2D eigenvalue weighted by molar-refractivity contribution is -0.119. The van der Waals surface area contributed by atoms with E-state index < -0.39 is 0 Å². The third-order valence-electron chi connectivity index (χ3n) is 5.97. The van der Waals surface area contributed by atoms with Crippen LogP contribution in [0.25, 0.3) is 11.4 Å². The van der Waals surface area contributed by atoms with Crippen molar-refractivity contribution in [3.05, 3.63) is 29.3 Å². The summed E-state index contributed by atoms with van der Waals surface area (Å²) in [6.45, 7) is 11.3. The van der Waals surface area contributed by atoms with Gasteiger partial charge in [0, 0.05) is 42.3 Å². The van der Waals surface area contributed by atoms with E-state index in [-0.39, 0.29) is 11.4 Å². The van der Waals surface area contributed by atoms with Crippen LogP contribution < -0.4 is 5.32 Å². The number of nitrogens with zero attached hydrogens (tertiary/aromatic N) is 4. The Morgan fingerprint density at radius 2 is 1.88 bits per heavy atom. The van der Waals surface area contributed by atoms with Gasteiger partial charge in [0.2, 0.25) is 5.91 Å². The lowest BCUT2D eigenvalue weighted by atomic mass is 10.0. The summed E-state index contributed by atoms with van der Waals surface area (Å²) in [6, 6.07) is 7.65. The van der Waals surface area contributed by atoms with Gasteiger partial charge in [-0.3, -0.25) is 9.69 Å². The highest BCUT2D eigenvalue weighted by Gasteiger charge is 2.28. The number of carbonyl (C=O) groups is 1. The molecule has 0 saturated carbocycles. The molecule has 0 aliphatic carbocycles. The molecule has 1 aliphatic heterocycles. The molecule has 7 nitrogen and oxygen atoms in total. The minimum Gasteiger partial charge on any atom is -0.379 e. The average Bonchev–Trinajstić information content (AvgIpc) is 3.23. The van der Waals surface area contributed by atoms with Gasteiger partial charge in [-0.25, -0.2) is 0 Å². The molecule has 0 radical (unpaired) electrons. The van der Waals surface area contributed by atoms with Gasteiger partial charge < -0.3 is 14.6 Å². The number of ether oxygens (including phenoxy) is 1. The van der Waals surface area contributed by atoms with Gasteiger partial charge in [-0.05, 0) is 44.5 Å². The monoisotopic (exact) mass is 493 g/mol. The fourth-order valence-electron chi connectivity index (χ4n) is 3.88. The maximum Gasteiger partial charge on any atom is 0.230 e. The number of halogens is 1. The highest BCUT2D eigenvalue weighted by atomic mass is 35.5. The Bertz CT molecular complexity index is 881. The molecule has 3 rings (SSSR count). The molecule has 1 aliphatic rings. The number of nitrogens with one attached hydrogen (secondary N) is 1. The number of thioether (sulfide) groups is 1. The van der Waals surface area contributed by atoms with Crippen LogP contribution in [0.1, 0.15) is 46.5 Å². The fourth-order valence-corrected chi connectivity index (χ4v) is 4.80. The molecular formula is C24H36ClN5O2S. The number of carbonyl (C=O) groups excluding carboxylic acids is 1. The Morgan fingerprint density at radius 3 is 2.58 bits per heavy atom. The minimum absolute atomic E-state index is 0.00918. The van der Waals surface area contributed by atoms with Crippen LogP contribution >= 0.6 is 23.4 Å². The van der Waals surface area contributed by atoms with E-state index in [1.807, 2.05) is 24.3 Å². The van der Waals surface area contributed by atoms with Crippen molar-refractivity contribution >= 4 is 29.3 Å². The van der Waals surface area contributed by atoms with Crippen molar-refractivity contribution in [1.29, 1.82) is 0 Å². The molecule has 1 aromatic heterocycles. The number of hydrogen-bond donors (Lipinski definition) is 1. The summed E-state index contributed by atoms with van der Waals surface area (Å²) in [6.07, 6.45) is 4.62. The number of unbranched alkanes of at least 4 members (excludes halogenated alkanes) is 3. The minimum atomic E-state index is -0.106. The second-order valence-electron chi connectivity index (χ2n) is 9.00. The van der Waals surface area contributed by atoms with Gasteiger partial charge in [-0.1, -0.05) is 49.5 Å². The number of hydrogen-bond acceptors (Lipinski definition) is 6. The van der Waals surface area contributed by atoms with Gasteiger partial charge in [-0.15, -0.1) is 10.2 Å². The molecule has 0 unspecified atom stereocenters. The van der Waals surface area contributed by atoms with Crippen LogP contribution in [0, 0.1) is 0 Å². The van der Waals surface area contributed by atoms with E-state index in [9.17, 15) is 4.79 Å². The van der Waals surface area contributed by atoms with Gasteiger partial charge in [0.15, 0.2) is 11.0 Å². The second kappa shape index (κ2) is 12.7. The molecule has 1 saturated heterocycles. The largest absolute Gasteiger partial charge is 0.379 e. The summed E-state index contributed by atoms with van der Waals surface area (Å²) in [5, 5.41) is 13.4. The first-order chi connectivity index (χ1) is 15.9. The maximum absolute atomic E-state index is 12.6. The van der Waals surface area contributed by atoms with E-state index in [4.69, 9.17) is 16.3 Å². The van der Waals surface area contributed by atoms with E-state index in [1.54, 1.807) is 0 Å². The SMILES string of the molecule is CCCCCCn1c(SCC(=O)NCC(C)(C)N2CCOCC2)nnc1-c1ccc(Cl)cc1. The molecule has 1 N–H and O–H groups in total. The Morgan fingerprint density at radius 1 is 1.15 bits per heavy atom. The lowest BCUT2D eigenvalue weighted by Crippen LogP contribution is -2.55. The lowest BCUT2D eigenvalue weighted by Gasteiger charge is -2.40. The van der Waals surface area contributed by atoms with Gasteiger partial charge in [0.25, 0.3) is 0 Å². The van der Waals surface area contributed by atoms with Crippen molar-refractivity contribution in [2.75, 3.05) is 38.6 Å². The van der Waals surface area contributed by atoms with Crippen LogP contribution in [-0.4, -0.2) is 69.7 Å². The molecule has 33 heavy (non-hydrogen) atoms. The predicted octanol–water partition coefficient (Wildman–Crippen LogP) is 4.50. The van der Waals surface area contributed by atoms with E-state index in [0.717, 1.165) is 62.2 Å². The quantitative estimate of drug-likeness (QED) is 0.347. The topological polar surface area (TPSA) is 72.3 Å². The van der Waals surface area contributed by atoms with Crippen LogP contribution in [0.5, 0.6) is 0 Å². The van der Waals surface area contributed by atoms with E-state index >= 15 is 0 Å². The normalized spacial score (nSPS) is 15.0. The van der Waals surface area contributed by atoms with E-state index in [0.29, 0.717) is 17.3 Å². The maximum atomic E-state index is 12.6. The predicted molar refractivity (Wildman–Crippen MR) is 135 cm³/mol. The summed E-state index contributed by atoms with van der Waals surface area (Å²) >= 11 is 7.50. The van der Waals surface area contributed by atoms with Crippen molar-refractivity contribution in [3.8, 4) is 11.4 Å². The van der Waals surface area contributed by atoms with Crippen molar-refractivity contribution in [2.24, 2.45) is 0 Å². The zero-order chi connectivity index (χ0) is 23.7. The third-order valence-corrected chi connectivity index (χ3v) is 7.19. The van der Waals surface area contributed by atoms with Crippen LogP contribution in [0.3, 0.4) is 0 Å². The van der Waals surface area contributed by atoms with Crippen molar-refractivity contribution in [2.45, 2.75) is 63.7 Å². The first-order valence-corrected chi connectivity index (χ1v) is 13.2. The molecular weight excluding hydrogens is 458 g/mol. The summed E-state index contributed by atoms with van der Waals surface area (Å²) in [5.74, 6) is 1.14. The molecule has 0 atom stereocenters. The van der Waals surface area contributed by atoms with Crippen LogP contribution in [0.15, 0.2) is 29.4 Å². The third kappa shape index (κ3) is 7.70. The van der Waals surface area contributed by atoms with E-state index in [1.165, 1.54) is 24.6 Å². The van der Waals surface area contributed by atoms with E-state index in [2.05, 4.69) is 45.8 Å². The number of benzene rings is 1. The Hall–Kier alpha value is -1.61. The van der Waals surface area contributed by atoms with Crippen LogP contribution in [-0.2, 0) is 16.1 Å². The smallest absolute Gasteiger partial charge is 0.230 e. The zero-order valence-electron chi connectivity index (χ0n) is 20.0. The standard InChI is InChI=1S/C24H36ClN5O2S/c1-4-5-6-7-12-30-22(19-8-10-20(25)11-9-19)27-28-23(30)33-17-21(31)26-18-24(2,3)29-13-15-32-16-14-29/h8-11H,4-7,12-18H2,1-3H3,(H,26,31). The molecule has 9 heteroatoms. The molecule has 2 heterocycles. The summed E-state index contributed by atoms with van der Waals surface area (Å²) in [5.41, 5.74) is 0.872. The van der Waals surface area contributed by atoms with Gasteiger partial charge in [0.1, 0.15) is 0 Å². The molecule has 2 aromatic rings. The highest BCUT2D eigenvalue weighted by molar-refractivity contribution is 7.99. The molecule has 182 valence electrons. The first-order valence-electron chi connectivity index (χ1n) is 11.8. The highest BCUT2D eigenvalue weighted by Crippen LogP contribution is 2.26. The number of amides is 1. The Kier molecular flexibility index (Phi) is 10.0. The van der Waals surface area contributed by atoms with Crippen LogP contribution in [0.2, 0.25) is 5.02 Å². The number of aromatic nitrogens is 3. The number of rotatable bonds is 12. The van der Waals surface area contributed by atoms with Gasteiger partial charge in [0.05, 0.1) is 19.0 Å². The molecule has 0 bridgehead atoms. The fraction of sp³-hybridized carbons (Fsp3) is 0.625. The molecule has 1 aromatic carbocycles. The zero-order valence-corrected chi connectivity index (χ0v) is 21.6. The second-order valence-corrected chi connectivity index (χ2v) is 10.4. The average molecular weight is 494 g/mol. The van der Waals surface area contributed by atoms with Crippen LogP contribution in [0.4, 0.5) is 0 Å². The van der Waals surface area contributed by atoms with Crippen molar-refractivity contribution < 1.29 is 9.53 Å². The molecule has 0 spiro atoms. The Balaban J connectivity index is 1.60. The first kappa shape index (κ1) is 26.0.